The van der Waals surface area contributed by atoms with E-state index in [4.69, 9.17) is 0 Å². The highest BCUT2D eigenvalue weighted by atomic mass is 32.2. The number of aryl methyl sites for hydroxylation is 2. The van der Waals surface area contributed by atoms with Crippen molar-refractivity contribution >= 4 is 23.3 Å². The van der Waals surface area contributed by atoms with Crippen molar-refractivity contribution in [1.29, 1.82) is 0 Å². The van der Waals surface area contributed by atoms with Crippen molar-refractivity contribution in [2.24, 2.45) is 0 Å². The molecule has 0 aliphatic heterocycles. The highest BCUT2D eigenvalue weighted by Gasteiger charge is 2.14. The lowest BCUT2D eigenvalue weighted by atomic mass is 10.0. The molecule has 0 amide bonds. The predicted octanol–water partition coefficient (Wildman–Crippen LogP) is 4.24. The fraction of sp³-hybridized carbons (Fsp3) is 0.500. The van der Waals surface area contributed by atoms with E-state index >= 15 is 0 Å². The average molecular weight is 322 g/mol. The van der Waals surface area contributed by atoms with Gasteiger partial charge >= 0.3 is 0 Å². The van der Waals surface area contributed by atoms with Crippen LogP contribution in [-0.2, 0) is 6.42 Å². The minimum Gasteiger partial charge on any atom is -0.309 e. The summed E-state index contributed by atoms with van der Waals surface area (Å²) < 4.78 is 5.43. The fourth-order valence-electron chi connectivity index (χ4n) is 2.15. The lowest BCUT2D eigenvalue weighted by Gasteiger charge is -2.20. The fourth-order valence-corrected chi connectivity index (χ4v) is 3.95. The Balaban J connectivity index is 2.04. The second kappa shape index (κ2) is 8.51. The number of benzene rings is 1. The number of nitrogens with zero attached hydrogens (tertiary/aromatic N) is 2. The number of nitrogens with one attached hydrogen (secondary N) is 1. The van der Waals surface area contributed by atoms with Gasteiger partial charge in [0.2, 0.25) is 0 Å². The quantitative estimate of drug-likeness (QED) is 0.738. The number of thioether (sulfide) groups is 1. The Morgan fingerprint density at radius 1 is 1.29 bits per heavy atom. The summed E-state index contributed by atoms with van der Waals surface area (Å²) in [6.07, 6.45) is 2.05. The molecular weight excluding hydrogens is 298 g/mol. The van der Waals surface area contributed by atoms with Crippen LogP contribution >= 0.6 is 23.3 Å². The first kappa shape index (κ1) is 16.5. The van der Waals surface area contributed by atoms with E-state index in [0.717, 1.165) is 35.3 Å². The summed E-state index contributed by atoms with van der Waals surface area (Å²) in [6.45, 7) is 7.51. The van der Waals surface area contributed by atoms with Crippen LogP contribution in [0.5, 0.6) is 0 Å². The summed E-state index contributed by atoms with van der Waals surface area (Å²) >= 11 is 3.31. The maximum Gasteiger partial charge on any atom is 0.170 e. The monoisotopic (exact) mass is 321 g/mol. The molecule has 21 heavy (non-hydrogen) atoms. The van der Waals surface area contributed by atoms with Gasteiger partial charge in [-0.2, -0.15) is 4.37 Å². The molecule has 0 aliphatic rings. The molecule has 1 unspecified atom stereocenters. The smallest absolute Gasteiger partial charge is 0.170 e. The number of hydrogen-bond acceptors (Lipinski definition) is 5. The molecule has 0 spiro atoms. The maximum atomic E-state index is 4.54. The van der Waals surface area contributed by atoms with Crippen molar-refractivity contribution in [3.63, 3.8) is 0 Å². The molecule has 0 aliphatic carbocycles. The van der Waals surface area contributed by atoms with Gasteiger partial charge in [0, 0.05) is 18.2 Å². The van der Waals surface area contributed by atoms with Crippen molar-refractivity contribution in [3.8, 4) is 0 Å². The predicted molar refractivity (Wildman–Crippen MR) is 92.2 cm³/mol. The van der Waals surface area contributed by atoms with Crippen LogP contribution in [0.4, 0.5) is 0 Å². The summed E-state index contributed by atoms with van der Waals surface area (Å²) in [5.41, 5.74) is 2.73. The van der Waals surface area contributed by atoms with Crippen LogP contribution in [0.2, 0.25) is 0 Å². The average Bonchev–Trinajstić information content (AvgIpc) is 2.96. The minimum absolute atomic E-state index is 0.366. The van der Waals surface area contributed by atoms with E-state index in [1.165, 1.54) is 22.7 Å². The molecule has 3 nitrogen and oxygen atoms in total. The van der Waals surface area contributed by atoms with Crippen molar-refractivity contribution in [2.75, 3.05) is 12.3 Å². The molecular formula is C16H23N3S2. The Labute approximate surface area is 135 Å². The van der Waals surface area contributed by atoms with Crippen LogP contribution in [0.3, 0.4) is 0 Å². The van der Waals surface area contributed by atoms with Gasteiger partial charge in [-0.25, -0.2) is 4.98 Å². The third kappa shape index (κ3) is 4.80. The van der Waals surface area contributed by atoms with E-state index in [-0.39, 0.29) is 0 Å². The summed E-state index contributed by atoms with van der Waals surface area (Å²) in [6, 6.07) is 8.99. The van der Waals surface area contributed by atoms with Gasteiger partial charge in [0.1, 0.15) is 5.82 Å². The van der Waals surface area contributed by atoms with Crippen LogP contribution in [0.15, 0.2) is 28.6 Å². The van der Waals surface area contributed by atoms with Gasteiger partial charge in [-0.3, -0.25) is 0 Å². The highest BCUT2D eigenvalue weighted by molar-refractivity contribution is 8.00. The van der Waals surface area contributed by atoms with E-state index in [1.807, 2.05) is 0 Å². The first-order valence-corrected chi connectivity index (χ1v) is 9.24. The summed E-state index contributed by atoms with van der Waals surface area (Å²) in [7, 11) is 0. The van der Waals surface area contributed by atoms with Gasteiger partial charge in [-0.05, 0) is 42.5 Å². The highest BCUT2D eigenvalue weighted by Crippen LogP contribution is 2.27. The van der Waals surface area contributed by atoms with Crippen LogP contribution in [0.25, 0.3) is 0 Å². The molecule has 1 aromatic carbocycles. The molecule has 1 atom stereocenters. The second-order valence-corrected chi connectivity index (χ2v) is 7.02. The Bertz CT molecular complexity index is 554. The molecule has 0 saturated heterocycles. The molecule has 1 aromatic heterocycles. The zero-order valence-electron chi connectivity index (χ0n) is 12.9. The summed E-state index contributed by atoms with van der Waals surface area (Å²) in [4.78, 5) is 4.54. The van der Waals surface area contributed by atoms with Gasteiger partial charge in [-0.15, -0.1) is 0 Å². The molecule has 1 heterocycles. The van der Waals surface area contributed by atoms with Crippen molar-refractivity contribution in [3.05, 3.63) is 41.2 Å². The third-order valence-electron chi connectivity index (χ3n) is 3.34. The Morgan fingerprint density at radius 2 is 2.10 bits per heavy atom. The van der Waals surface area contributed by atoms with Crippen LogP contribution in [0, 0.1) is 6.92 Å². The molecule has 0 saturated carbocycles. The molecule has 1 N–H and O–H groups in total. The molecule has 0 fully saturated rings. The molecule has 2 aromatic rings. The molecule has 0 radical (unpaired) electrons. The van der Waals surface area contributed by atoms with Crippen molar-refractivity contribution in [2.45, 2.75) is 44.0 Å². The van der Waals surface area contributed by atoms with E-state index in [0.29, 0.717) is 6.04 Å². The van der Waals surface area contributed by atoms with E-state index in [1.54, 1.807) is 11.8 Å². The van der Waals surface area contributed by atoms with Gasteiger partial charge in [0.25, 0.3) is 0 Å². The standard InChI is InChI=1S/C16H23N3S2/c1-4-10-17-14(13-9-7-6-8-12(13)3)11-20-16-18-15(5-2)19-21-16/h6-9,14,17H,4-5,10-11H2,1-3H3. The van der Waals surface area contributed by atoms with E-state index < -0.39 is 0 Å². The van der Waals surface area contributed by atoms with Crippen LogP contribution in [-0.4, -0.2) is 21.7 Å². The first-order valence-electron chi connectivity index (χ1n) is 7.48. The van der Waals surface area contributed by atoms with Crippen LogP contribution in [0.1, 0.15) is 43.3 Å². The van der Waals surface area contributed by atoms with Crippen molar-refractivity contribution in [1.82, 2.24) is 14.7 Å². The van der Waals surface area contributed by atoms with Crippen LogP contribution < -0.4 is 5.32 Å². The maximum absolute atomic E-state index is 4.54. The second-order valence-electron chi connectivity index (χ2n) is 5.00. The molecule has 2 rings (SSSR count). The summed E-state index contributed by atoms with van der Waals surface area (Å²) in [5, 5.41) is 3.65. The van der Waals surface area contributed by atoms with Gasteiger partial charge in [0.05, 0.1) is 0 Å². The molecule has 114 valence electrons. The SMILES string of the molecule is CCCNC(CSc1nc(CC)ns1)c1ccccc1C. The Hall–Kier alpha value is -0.910. The first-order chi connectivity index (χ1) is 10.2. The molecule has 0 bridgehead atoms. The number of rotatable bonds is 8. The largest absolute Gasteiger partial charge is 0.309 e. The van der Waals surface area contributed by atoms with E-state index in [9.17, 15) is 0 Å². The number of hydrogen-bond donors (Lipinski definition) is 1. The normalized spacial score (nSPS) is 12.5. The topological polar surface area (TPSA) is 37.8 Å². The zero-order chi connectivity index (χ0) is 15.1. The zero-order valence-corrected chi connectivity index (χ0v) is 14.6. The summed E-state index contributed by atoms with van der Waals surface area (Å²) in [5.74, 6) is 1.94. The Kier molecular flexibility index (Phi) is 6.67. The van der Waals surface area contributed by atoms with Gasteiger partial charge in [-0.1, -0.05) is 49.9 Å². The third-order valence-corrected chi connectivity index (χ3v) is 5.31. The lowest BCUT2D eigenvalue weighted by molar-refractivity contribution is 0.575. The van der Waals surface area contributed by atoms with Gasteiger partial charge in [0.15, 0.2) is 4.34 Å². The lowest BCUT2D eigenvalue weighted by Crippen LogP contribution is -2.24. The van der Waals surface area contributed by atoms with Gasteiger partial charge < -0.3 is 5.32 Å². The van der Waals surface area contributed by atoms with E-state index in [2.05, 4.69) is 59.7 Å². The van der Waals surface area contributed by atoms with Crippen molar-refractivity contribution < 1.29 is 0 Å². The molecule has 5 heteroatoms. The Morgan fingerprint density at radius 3 is 2.76 bits per heavy atom. The number of aromatic nitrogens is 2. The minimum atomic E-state index is 0.366.